The van der Waals surface area contributed by atoms with E-state index in [2.05, 4.69) is 59.1 Å². The Morgan fingerprint density at radius 2 is 1.62 bits per heavy atom. The van der Waals surface area contributed by atoms with Gasteiger partial charge in [0.2, 0.25) is 0 Å². The lowest BCUT2D eigenvalue weighted by molar-refractivity contribution is -0.00149. The molecule has 0 amide bonds. The van der Waals surface area contributed by atoms with Crippen molar-refractivity contribution in [2.45, 2.75) is 65.6 Å². The van der Waals surface area contributed by atoms with E-state index in [-0.39, 0.29) is 11.1 Å². The molecule has 0 aromatic heterocycles. The summed E-state index contributed by atoms with van der Waals surface area (Å²) in [4.78, 5) is 0. The van der Waals surface area contributed by atoms with Crippen molar-refractivity contribution in [1.29, 1.82) is 0 Å². The third-order valence-corrected chi connectivity index (χ3v) is 2.07. The van der Waals surface area contributed by atoms with E-state index in [0.29, 0.717) is 6.04 Å². The second-order valence-corrected chi connectivity index (χ2v) is 6.45. The zero-order valence-corrected chi connectivity index (χ0v) is 12.1. The first-order chi connectivity index (χ1) is 7.10. The van der Waals surface area contributed by atoms with Gasteiger partial charge in [-0.15, -0.1) is 0 Å². The van der Waals surface area contributed by atoms with Crippen LogP contribution in [0.3, 0.4) is 0 Å². The van der Waals surface area contributed by atoms with E-state index in [9.17, 15) is 0 Å². The van der Waals surface area contributed by atoms with Crippen molar-refractivity contribution >= 4 is 0 Å². The smallest absolute Gasteiger partial charge is 0.0599 e. The van der Waals surface area contributed by atoms with Crippen molar-refractivity contribution in [3.8, 4) is 0 Å². The lowest BCUT2D eigenvalue weighted by Crippen LogP contribution is -2.45. The summed E-state index contributed by atoms with van der Waals surface area (Å²) in [5, 5.41) is 6.92. The van der Waals surface area contributed by atoms with Crippen LogP contribution in [0.25, 0.3) is 0 Å². The number of nitrogens with one attached hydrogen (secondary N) is 2. The van der Waals surface area contributed by atoms with Gasteiger partial charge in [-0.05, 0) is 48.5 Å². The molecule has 0 saturated carbocycles. The Bertz CT molecular complexity index is 179. The van der Waals surface area contributed by atoms with Crippen LogP contribution < -0.4 is 10.6 Å². The Hall–Kier alpha value is -0.120. The van der Waals surface area contributed by atoms with Crippen LogP contribution in [0.1, 0.15) is 48.5 Å². The molecule has 1 atom stereocenters. The van der Waals surface area contributed by atoms with Gasteiger partial charge in [0.1, 0.15) is 0 Å². The van der Waals surface area contributed by atoms with E-state index in [1.165, 1.54) is 0 Å². The Morgan fingerprint density at radius 3 is 2.06 bits per heavy atom. The topological polar surface area (TPSA) is 33.3 Å². The van der Waals surface area contributed by atoms with Crippen LogP contribution in [0, 0.1) is 0 Å². The highest BCUT2D eigenvalue weighted by molar-refractivity contribution is 4.74. The van der Waals surface area contributed by atoms with Gasteiger partial charge in [-0.3, -0.25) is 0 Å². The van der Waals surface area contributed by atoms with Crippen LogP contribution >= 0.6 is 0 Å². The minimum absolute atomic E-state index is 0.0332. The van der Waals surface area contributed by atoms with Crippen LogP contribution in [0.2, 0.25) is 0 Å². The van der Waals surface area contributed by atoms with Crippen molar-refractivity contribution in [3.05, 3.63) is 0 Å². The third-order valence-electron chi connectivity index (χ3n) is 2.07. The summed E-state index contributed by atoms with van der Waals surface area (Å²) in [5.74, 6) is 0. The van der Waals surface area contributed by atoms with Crippen molar-refractivity contribution in [2.75, 3.05) is 19.7 Å². The fourth-order valence-electron chi connectivity index (χ4n) is 1.19. The molecule has 0 aliphatic rings. The molecule has 3 heteroatoms. The summed E-state index contributed by atoms with van der Waals surface area (Å²) in [6.07, 6.45) is 0. The van der Waals surface area contributed by atoms with E-state index in [0.717, 1.165) is 19.7 Å². The minimum Gasteiger partial charge on any atom is -0.375 e. The molecular weight excluding hydrogens is 200 g/mol. The number of rotatable bonds is 6. The van der Waals surface area contributed by atoms with Gasteiger partial charge in [0.05, 0.1) is 12.2 Å². The van der Waals surface area contributed by atoms with Gasteiger partial charge < -0.3 is 15.4 Å². The first-order valence-electron chi connectivity index (χ1n) is 6.22. The second kappa shape index (κ2) is 6.58. The third kappa shape index (κ3) is 12.0. The monoisotopic (exact) mass is 230 g/mol. The van der Waals surface area contributed by atoms with E-state index in [1.54, 1.807) is 0 Å². The van der Waals surface area contributed by atoms with Crippen LogP contribution in [0.5, 0.6) is 0 Å². The molecule has 16 heavy (non-hydrogen) atoms. The zero-order valence-electron chi connectivity index (χ0n) is 12.1. The highest BCUT2D eigenvalue weighted by Gasteiger charge is 2.11. The van der Waals surface area contributed by atoms with E-state index in [4.69, 9.17) is 4.74 Å². The maximum atomic E-state index is 5.64. The van der Waals surface area contributed by atoms with Gasteiger partial charge in [0.15, 0.2) is 0 Å². The molecular formula is C13H30N2O. The molecule has 3 nitrogen and oxygen atoms in total. The van der Waals surface area contributed by atoms with Gasteiger partial charge in [-0.1, -0.05) is 0 Å². The fourth-order valence-corrected chi connectivity index (χ4v) is 1.19. The normalized spacial score (nSPS) is 15.2. The molecule has 0 aromatic carbocycles. The van der Waals surface area contributed by atoms with Gasteiger partial charge in [0.25, 0.3) is 0 Å². The molecule has 0 rings (SSSR count). The van der Waals surface area contributed by atoms with Crippen molar-refractivity contribution < 1.29 is 4.74 Å². The Labute approximate surface area is 101 Å². The van der Waals surface area contributed by atoms with Crippen LogP contribution in [0.4, 0.5) is 0 Å². The minimum atomic E-state index is -0.0332. The first kappa shape index (κ1) is 15.9. The molecule has 0 aliphatic heterocycles. The average Bonchev–Trinajstić information content (AvgIpc) is 2.06. The van der Waals surface area contributed by atoms with Gasteiger partial charge in [-0.2, -0.15) is 0 Å². The van der Waals surface area contributed by atoms with Crippen molar-refractivity contribution in [3.63, 3.8) is 0 Å². The van der Waals surface area contributed by atoms with Crippen molar-refractivity contribution in [2.24, 2.45) is 0 Å². The number of hydrogen-bond donors (Lipinski definition) is 2. The van der Waals surface area contributed by atoms with Crippen LogP contribution in [-0.2, 0) is 4.74 Å². The largest absolute Gasteiger partial charge is 0.375 e. The van der Waals surface area contributed by atoms with Crippen molar-refractivity contribution in [1.82, 2.24) is 10.6 Å². The molecule has 2 N–H and O–H groups in total. The maximum absolute atomic E-state index is 5.64. The predicted octanol–water partition coefficient (Wildman–Crippen LogP) is 2.17. The Kier molecular flexibility index (Phi) is 6.53. The summed E-state index contributed by atoms with van der Waals surface area (Å²) in [7, 11) is 0. The summed E-state index contributed by atoms with van der Waals surface area (Å²) >= 11 is 0. The molecule has 0 spiro atoms. The summed E-state index contributed by atoms with van der Waals surface area (Å²) in [6, 6.07) is 0.475. The maximum Gasteiger partial charge on any atom is 0.0599 e. The fraction of sp³-hybridized carbons (Fsp3) is 1.00. The highest BCUT2D eigenvalue weighted by Crippen LogP contribution is 2.05. The van der Waals surface area contributed by atoms with E-state index >= 15 is 0 Å². The lowest BCUT2D eigenvalue weighted by atomic mass is 10.1. The van der Waals surface area contributed by atoms with Gasteiger partial charge >= 0.3 is 0 Å². The molecule has 98 valence electrons. The summed E-state index contributed by atoms with van der Waals surface area (Å²) < 4.78 is 5.64. The molecule has 1 unspecified atom stereocenters. The Balaban J connectivity index is 3.48. The van der Waals surface area contributed by atoms with Gasteiger partial charge in [-0.25, -0.2) is 0 Å². The summed E-state index contributed by atoms with van der Waals surface area (Å²) in [5.41, 5.74) is 0.159. The number of ether oxygens (including phenoxy) is 1. The molecule has 0 aromatic rings. The predicted molar refractivity (Wildman–Crippen MR) is 70.9 cm³/mol. The molecule has 0 aliphatic carbocycles. The molecule has 0 radical (unpaired) electrons. The lowest BCUT2D eigenvalue weighted by Gasteiger charge is -2.25. The van der Waals surface area contributed by atoms with Crippen LogP contribution in [-0.4, -0.2) is 36.9 Å². The molecule has 0 saturated heterocycles. The molecule has 0 heterocycles. The molecule has 0 bridgehead atoms. The van der Waals surface area contributed by atoms with Gasteiger partial charge in [0, 0.05) is 24.7 Å². The highest BCUT2D eigenvalue weighted by atomic mass is 16.5. The van der Waals surface area contributed by atoms with Crippen LogP contribution in [0.15, 0.2) is 0 Å². The second-order valence-electron chi connectivity index (χ2n) is 6.45. The quantitative estimate of drug-likeness (QED) is 0.686. The Morgan fingerprint density at radius 1 is 1.06 bits per heavy atom. The molecule has 0 fully saturated rings. The summed E-state index contributed by atoms with van der Waals surface area (Å²) in [6.45, 7) is 17.6. The average molecular weight is 230 g/mol. The first-order valence-corrected chi connectivity index (χ1v) is 6.22. The standard InChI is InChI=1S/C13H30N2O/c1-11(10-15-12(2,3)4)14-8-9-16-13(5,6)7/h11,14-15H,8-10H2,1-7H3. The SMILES string of the molecule is CC(CNC(C)(C)C)NCCOC(C)(C)C. The zero-order chi connectivity index (χ0) is 12.8. The number of hydrogen-bond acceptors (Lipinski definition) is 3. The van der Waals surface area contributed by atoms with E-state index in [1.807, 2.05) is 0 Å². The van der Waals surface area contributed by atoms with E-state index < -0.39 is 0 Å².